The number of hydrogen-bond acceptors (Lipinski definition) is 5. The first kappa shape index (κ1) is 22.6. The number of nitrogens with one attached hydrogen (secondary N) is 2. The van der Waals surface area contributed by atoms with E-state index in [4.69, 9.17) is 21.1 Å². The maximum Gasteiger partial charge on any atom is 0.252 e. The van der Waals surface area contributed by atoms with Gasteiger partial charge in [0.1, 0.15) is 12.4 Å². The molecule has 2 aromatic rings. The SMILES string of the molecule is COCCNS(=O)(=O)c1ccc(Br)c(C(=O)NCCOc2ccc(Cl)cc2)c1. The van der Waals surface area contributed by atoms with E-state index in [1.54, 1.807) is 24.3 Å². The van der Waals surface area contributed by atoms with Crippen LogP contribution in [0.25, 0.3) is 0 Å². The zero-order valence-corrected chi connectivity index (χ0v) is 18.2. The maximum absolute atomic E-state index is 12.4. The van der Waals surface area contributed by atoms with Crippen LogP contribution in [0.2, 0.25) is 5.02 Å². The lowest BCUT2D eigenvalue weighted by Crippen LogP contribution is -2.30. The normalized spacial score (nSPS) is 11.2. The van der Waals surface area contributed by atoms with E-state index in [-0.39, 0.29) is 36.8 Å². The number of sulfonamides is 1. The molecule has 0 aliphatic rings. The zero-order chi connectivity index (χ0) is 20.6. The molecule has 0 heterocycles. The van der Waals surface area contributed by atoms with Gasteiger partial charge in [-0.25, -0.2) is 13.1 Å². The van der Waals surface area contributed by atoms with E-state index in [0.717, 1.165) is 0 Å². The van der Waals surface area contributed by atoms with Crippen molar-refractivity contribution in [1.29, 1.82) is 0 Å². The van der Waals surface area contributed by atoms with Gasteiger partial charge in [0, 0.05) is 23.1 Å². The third-order valence-corrected chi connectivity index (χ3v) is 5.96. The summed E-state index contributed by atoms with van der Waals surface area (Å²) in [7, 11) is -2.26. The largest absolute Gasteiger partial charge is 0.492 e. The van der Waals surface area contributed by atoms with Crippen LogP contribution in [0.1, 0.15) is 10.4 Å². The van der Waals surface area contributed by atoms with E-state index >= 15 is 0 Å². The van der Waals surface area contributed by atoms with Crippen molar-refractivity contribution in [3.63, 3.8) is 0 Å². The van der Waals surface area contributed by atoms with Gasteiger partial charge in [-0.3, -0.25) is 4.79 Å². The lowest BCUT2D eigenvalue weighted by atomic mass is 10.2. The van der Waals surface area contributed by atoms with Crippen LogP contribution in [-0.4, -0.2) is 47.7 Å². The van der Waals surface area contributed by atoms with E-state index < -0.39 is 15.9 Å². The molecule has 7 nitrogen and oxygen atoms in total. The van der Waals surface area contributed by atoms with Gasteiger partial charge < -0.3 is 14.8 Å². The molecule has 0 aliphatic carbocycles. The second-order valence-electron chi connectivity index (χ2n) is 5.59. The average Bonchev–Trinajstić information content (AvgIpc) is 2.66. The number of amides is 1. The smallest absolute Gasteiger partial charge is 0.252 e. The summed E-state index contributed by atoms with van der Waals surface area (Å²) in [6, 6.07) is 11.1. The summed E-state index contributed by atoms with van der Waals surface area (Å²) in [5.74, 6) is 0.218. The second kappa shape index (κ2) is 10.8. The highest BCUT2D eigenvalue weighted by Gasteiger charge is 2.18. The van der Waals surface area contributed by atoms with E-state index in [0.29, 0.717) is 15.2 Å². The molecule has 2 aromatic carbocycles. The van der Waals surface area contributed by atoms with Crippen LogP contribution in [-0.2, 0) is 14.8 Å². The summed E-state index contributed by atoms with van der Waals surface area (Å²) in [6.45, 7) is 0.883. The third kappa shape index (κ3) is 6.75. The van der Waals surface area contributed by atoms with Gasteiger partial charge in [-0.05, 0) is 58.4 Å². The van der Waals surface area contributed by atoms with Crippen molar-refractivity contribution in [3.8, 4) is 5.75 Å². The highest BCUT2D eigenvalue weighted by molar-refractivity contribution is 9.10. The fourth-order valence-corrected chi connectivity index (χ4v) is 3.76. The molecule has 1 amide bonds. The monoisotopic (exact) mass is 490 g/mol. The van der Waals surface area contributed by atoms with Gasteiger partial charge in [0.15, 0.2) is 0 Å². The van der Waals surface area contributed by atoms with Crippen molar-refractivity contribution >= 4 is 43.5 Å². The van der Waals surface area contributed by atoms with Gasteiger partial charge in [0.25, 0.3) is 5.91 Å². The fourth-order valence-electron chi connectivity index (χ4n) is 2.17. The molecule has 0 aliphatic heterocycles. The van der Waals surface area contributed by atoms with Gasteiger partial charge in [-0.15, -0.1) is 0 Å². The van der Waals surface area contributed by atoms with Crippen molar-refractivity contribution in [3.05, 3.63) is 57.5 Å². The first-order chi connectivity index (χ1) is 13.3. The van der Waals surface area contributed by atoms with Gasteiger partial charge in [-0.2, -0.15) is 0 Å². The zero-order valence-electron chi connectivity index (χ0n) is 15.1. The molecule has 152 valence electrons. The molecule has 0 radical (unpaired) electrons. The Hall–Kier alpha value is -1.65. The Kier molecular flexibility index (Phi) is 8.71. The molecule has 0 aromatic heterocycles. The summed E-state index contributed by atoms with van der Waals surface area (Å²) in [4.78, 5) is 12.4. The molecule has 0 saturated heterocycles. The molecule has 0 bridgehead atoms. The van der Waals surface area contributed by atoms with E-state index in [2.05, 4.69) is 26.0 Å². The van der Waals surface area contributed by atoms with Gasteiger partial charge in [0.05, 0.1) is 23.6 Å². The Balaban J connectivity index is 1.95. The van der Waals surface area contributed by atoms with Crippen molar-refractivity contribution in [1.82, 2.24) is 10.0 Å². The molecule has 0 spiro atoms. The van der Waals surface area contributed by atoms with Crippen molar-refractivity contribution in [2.45, 2.75) is 4.90 Å². The Morgan fingerprint density at radius 2 is 1.82 bits per heavy atom. The number of ether oxygens (including phenoxy) is 2. The number of benzene rings is 2. The first-order valence-electron chi connectivity index (χ1n) is 8.28. The number of carbonyl (C=O) groups excluding carboxylic acids is 1. The number of halogens is 2. The number of carbonyl (C=O) groups is 1. The van der Waals surface area contributed by atoms with Crippen molar-refractivity contribution < 1.29 is 22.7 Å². The van der Waals surface area contributed by atoms with E-state index in [9.17, 15) is 13.2 Å². The van der Waals surface area contributed by atoms with E-state index in [1.165, 1.54) is 25.3 Å². The molecular weight excluding hydrogens is 472 g/mol. The predicted octanol–water partition coefficient (Wildman–Crippen LogP) is 2.84. The van der Waals surface area contributed by atoms with Crippen LogP contribution < -0.4 is 14.8 Å². The topological polar surface area (TPSA) is 93.7 Å². The Morgan fingerprint density at radius 3 is 2.50 bits per heavy atom. The standard InChI is InChI=1S/C18H20BrClN2O5S/c1-26-10-9-22-28(24,25)15-6-7-17(19)16(12-15)18(23)21-8-11-27-14-4-2-13(20)3-5-14/h2-7,12,22H,8-11H2,1H3,(H,21,23). The molecule has 0 saturated carbocycles. The number of rotatable bonds is 10. The molecule has 28 heavy (non-hydrogen) atoms. The summed E-state index contributed by atoms with van der Waals surface area (Å²) in [5, 5.41) is 3.31. The highest BCUT2D eigenvalue weighted by Crippen LogP contribution is 2.21. The molecule has 2 rings (SSSR count). The lowest BCUT2D eigenvalue weighted by Gasteiger charge is -2.11. The van der Waals surface area contributed by atoms with Crippen LogP contribution in [0, 0.1) is 0 Å². The van der Waals surface area contributed by atoms with Crippen molar-refractivity contribution in [2.75, 3.05) is 33.4 Å². The fraction of sp³-hybridized carbons (Fsp3) is 0.278. The van der Waals surface area contributed by atoms with Crippen LogP contribution in [0.3, 0.4) is 0 Å². The lowest BCUT2D eigenvalue weighted by molar-refractivity contribution is 0.0946. The van der Waals surface area contributed by atoms with Crippen LogP contribution in [0.15, 0.2) is 51.8 Å². The minimum Gasteiger partial charge on any atom is -0.492 e. The van der Waals surface area contributed by atoms with Gasteiger partial charge in [0.2, 0.25) is 10.0 Å². The molecular formula is C18H20BrClN2O5S. The van der Waals surface area contributed by atoms with Gasteiger partial charge in [-0.1, -0.05) is 11.6 Å². The van der Waals surface area contributed by atoms with E-state index in [1.807, 2.05) is 0 Å². The molecule has 10 heteroatoms. The number of hydrogen-bond donors (Lipinski definition) is 2. The Labute approximate surface area is 177 Å². The summed E-state index contributed by atoms with van der Waals surface area (Å²) in [5.41, 5.74) is 0.209. The molecule has 0 fully saturated rings. The molecule has 2 N–H and O–H groups in total. The maximum atomic E-state index is 12.4. The van der Waals surface area contributed by atoms with Crippen LogP contribution in [0.5, 0.6) is 5.75 Å². The average molecular weight is 492 g/mol. The second-order valence-corrected chi connectivity index (χ2v) is 8.65. The van der Waals surface area contributed by atoms with Crippen LogP contribution >= 0.6 is 27.5 Å². The third-order valence-electron chi connectivity index (χ3n) is 3.56. The van der Waals surface area contributed by atoms with Crippen LogP contribution in [0.4, 0.5) is 0 Å². The minimum atomic E-state index is -3.74. The molecule has 0 unspecified atom stereocenters. The summed E-state index contributed by atoms with van der Waals surface area (Å²) in [6.07, 6.45) is 0. The Morgan fingerprint density at radius 1 is 1.11 bits per heavy atom. The van der Waals surface area contributed by atoms with Crippen molar-refractivity contribution in [2.24, 2.45) is 0 Å². The molecule has 0 atom stereocenters. The summed E-state index contributed by atoms with van der Waals surface area (Å²) >= 11 is 9.08. The first-order valence-corrected chi connectivity index (χ1v) is 10.9. The van der Waals surface area contributed by atoms with Gasteiger partial charge >= 0.3 is 0 Å². The minimum absolute atomic E-state index is 0.00522. The highest BCUT2D eigenvalue weighted by atomic mass is 79.9. The quantitative estimate of drug-likeness (QED) is 0.499. The Bertz CT molecular complexity index is 907. The predicted molar refractivity (Wildman–Crippen MR) is 110 cm³/mol. The summed E-state index contributed by atoms with van der Waals surface area (Å²) < 4.78 is 37.8. The number of methoxy groups -OCH3 is 1.